The van der Waals surface area contributed by atoms with Crippen molar-refractivity contribution in [2.24, 2.45) is 0 Å². The summed E-state index contributed by atoms with van der Waals surface area (Å²) in [5.74, 6) is -1.01. The van der Waals surface area contributed by atoms with Crippen molar-refractivity contribution in [1.82, 2.24) is 10.2 Å². The molecule has 29 heavy (non-hydrogen) atoms. The summed E-state index contributed by atoms with van der Waals surface area (Å²) in [6.07, 6.45) is 0.787. The molecule has 4 nitrogen and oxygen atoms in total. The van der Waals surface area contributed by atoms with Crippen LogP contribution in [0.2, 0.25) is 10.0 Å². The fourth-order valence-electron chi connectivity index (χ4n) is 2.78. The Balaban J connectivity index is 2.27. The van der Waals surface area contributed by atoms with Crippen molar-refractivity contribution < 1.29 is 14.0 Å². The van der Waals surface area contributed by atoms with Gasteiger partial charge >= 0.3 is 0 Å². The van der Waals surface area contributed by atoms with Gasteiger partial charge in [0, 0.05) is 18.2 Å². The van der Waals surface area contributed by atoms with Gasteiger partial charge in [-0.05, 0) is 44.0 Å². The van der Waals surface area contributed by atoms with Gasteiger partial charge in [-0.1, -0.05) is 54.4 Å². The second-order valence-corrected chi connectivity index (χ2v) is 7.85. The number of hydrogen-bond donors (Lipinski definition) is 1. The van der Waals surface area contributed by atoms with E-state index >= 15 is 0 Å². The summed E-state index contributed by atoms with van der Waals surface area (Å²) < 4.78 is 14.2. The molecule has 0 aliphatic carbocycles. The van der Waals surface area contributed by atoms with E-state index in [0.29, 0.717) is 21.2 Å². The third-order valence-corrected chi connectivity index (χ3v) is 5.55. The summed E-state index contributed by atoms with van der Waals surface area (Å²) in [6, 6.07) is 10.4. The van der Waals surface area contributed by atoms with Gasteiger partial charge in [0.05, 0.1) is 16.5 Å². The third-order valence-electron chi connectivity index (χ3n) is 4.81. The molecule has 0 fully saturated rings. The van der Waals surface area contributed by atoms with Crippen molar-refractivity contribution in [3.8, 4) is 0 Å². The summed E-state index contributed by atoms with van der Waals surface area (Å²) in [5.41, 5.74) is 1.01. The Kier molecular flexibility index (Phi) is 8.47. The summed E-state index contributed by atoms with van der Waals surface area (Å²) in [5, 5.41) is 3.62. The van der Waals surface area contributed by atoms with E-state index in [9.17, 15) is 14.0 Å². The second kappa shape index (κ2) is 10.6. The summed E-state index contributed by atoms with van der Waals surface area (Å²) >= 11 is 12.0. The quantitative estimate of drug-likeness (QED) is 0.629. The minimum absolute atomic E-state index is 0.0120. The first-order valence-electron chi connectivity index (χ1n) is 9.50. The van der Waals surface area contributed by atoms with Gasteiger partial charge in [0.25, 0.3) is 0 Å². The zero-order valence-electron chi connectivity index (χ0n) is 16.7. The molecule has 0 radical (unpaired) electrons. The first kappa shape index (κ1) is 23.2. The van der Waals surface area contributed by atoms with Crippen molar-refractivity contribution in [2.45, 2.75) is 52.2 Å². The van der Waals surface area contributed by atoms with Gasteiger partial charge in [-0.25, -0.2) is 4.39 Å². The Morgan fingerprint density at radius 2 is 1.79 bits per heavy atom. The molecule has 2 amide bonds. The predicted octanol–water partition coefficient (Wildman–Crippen LogP) is 5.01. The second-order valence-electron chi connectivity index (χ2n) is 7.03. The van der Waals surface area contributed by atoms with Gasteiger partial charge in [0.1, 0.15) is 11.9 Å². The molecule has 2 unspecified atom stereocenters. The molecule has 0 spiro atoms. The normalized spacial score (nSPS) is 12.9. The van der Waals surface area contributed by atoms with E-state index < -0.39 is 11.9 Å². The topological polar surface area (TPSA) is 49.4 Å². The monoisotopic (exact) mass is 438 g/mol. The number of hydrogen-bond acceptors (Lipinski definition) is 2. The summed E-state index contributed by atoms with van der Waals surface area (Å²) in [4.78, 5) is 27.1. The van der Waals surface area contributed by atoms with Gasteiger partial charge in [-0.2, -0.15) is 0 Å². The molecule has 2 rings (SSSR count). The minimum Gasteiger partial charge on any atom is -0.352 e. The fourth-order valence-corrected chi connectivity index (χ4v) is 3.10. The number of rotatable bonds is 8. The molecule has 0 saturated carbocycles. The first-order chi connectivity index (χ1) is 13.7. The molecular formula is C22H25Cl2FN2O2. The number of halogens is 3. The Bertz CT molecular complexity index is 876. The molecule has 0 aliphatic rings. The van der Waals surface area contributed by atoms with E-state index in [4.69, 9.17) is 23.2 Å². The van der Waals surface area contributed by atoms with Gasteiger partial charge in [-0.3, -0.25) is 9.59 Å². The van der Waals surface area contributed by atoms with Crippen molar-refractivity contribution in [3.05, 3.63) is 69.5 Å². The lowest BCUT2D eigenvalue weighted by molar-refractivity contribution is -0.140. The zero-order valence-corrected chi connectivity index (χ0v) is 18.2. The average Bonchev–Trinajstić information content (AvgIpc) is 2.69. The highest BCUT2D eigenvalue weighted by Gasteiger charge is 2.27. The molecule has 2 aromatic carbocycles. The lowest BCUT2D eigenvalue weighted by atomic mass is 10.1. The highest BCUT2D eigenvalue weighted by molar-refractivity contribution is 6.42. The Morgan fingerprint density at radius 3 is 2.41 bits per heavy atom. The molecule has 2 aromatic rings. The molecule has 0 aromatic heterocycles. The molecule has 0 aliphatic heterocycles. The van der Waals surface area contributed by atoms with Crippen LogP contribution in [0.3, 0.4) is 0 Å². The van der Waals surface area contributed by atoms with Crippen LogP contribution in [0.4, 0.5) is 4.39 Å². The third kappa shape index (κ3) is 6.44. The number of nitrogens with one attached hydrogen (secondary N) is 1. The molecule has 2 atom stereocenters. The van der Waals surface area contributed by atoms with Gasteiger partial charge in [-0.15, -0.1) is 0 Å². The number of benzene rings is 2. The Labute approximate surface area is 181 Å². The fraction of sp³-hybridized carbons (Fsp3) is 0.364. The maximum absolute atomic E-state index is 14.2. The number of amides is 2. The molecule has 1 N–H and O–H groups in total. The summed E-state index contributed by atoms with van der Waals surface area (Å²) in [6.45, 7) is 5.48. The van der Waals surface area contributed by atoms with Gasteiger partial charge < -0.3 is 10.2 Å². The van der Waals surface area contributed by atoms with Crippen molar-refractivity contribution >= 4 is 35.0 Å². The molecule has 7 heteroatoms. The van der Waals surface area contributed by atoms with Crippen LogP contribution in [0.1, 0.15) is 38.3 Å². The van der Waals surface area contributed by atoms with Crippen LogP contribution in [-0.4, -0.2) is 28.8 Å². The summed E-state index contributed by atoms with van der Waals surface area (Å²) in [7, 11) is 0. The Morgan fingerprint density at radius 1 is 1.10 bits per heavy atom. The number of carbonyl (C=O) groups excluding carboxylic acids is 2. The van der Waals surface area contributed by atoms with Crippen molar-refractivity contribution in [1.29, 1.82) is 0 Å². The first-order valence-corrected chi connectivity index (χ1v) is 10.3. The molecule has 0 bridgehead atoms. The molecule has 156 valence electrons. The van der Waals surface area contributed by atoms with Crippen LogP contribution in [0.25, 0.3) is 0 Å². The van der Waals surface area contributed by atoms with E-state index in [1.807, 2.05) is 13.8 Å². The van der Waals surface area contributed by atoms with E-state index in [0.717, 1.165) is 6.42 Å². The largest absolute Gasteiger partial charge is 0.352 e. The van der Waals surface area contributed by atoms with E-state index in [-0.39, 0.29) is 30.8 Å². The van der Waals surface area contributed by atoms with Crippen LogP contribution in [0, 0.1) is 5.82 Å². The Hall–Kier alpha value is -2.11. The van der Waals surface area contributed by atoms with Crippen LogP contribution in [-0.2, 0) is 22.6 Å². The highest BCUT2D eigenvalue weighted by Crippen LogP contribution is 2.23. The molecule has 0 saturated heterocycles. The lowest BCUT2D eigenvalue weighted by Gasteiger charge is -2.30. The van der Waals surface area contributed by atoms with Crippen molar-refractivity contribution in [3.63, 3.8) is 0 Å². The van der Waals surface area contributed by atoms with E-state index in [1.165, 1.54) is 11.0 Å². The zero-order chi connectivity index (χ0) is 21.6. The van der Waals surface area contributed by atoms with E-state index in [1.54, 1.807) is 43.3 Å². The smallest absolute Gasteiger partial charge is 0.242 e. The van der Waals surface area contributed by atoms with E-state index in [2.05, 4.69) is 5.32 Å². The van der Waals surface area contributed by atoms with Crippen LogP contribution >= 0.6 is 23.2 Å². The minimum atomic E-state index is -0.765. The molecule has 0 heterocycles. The van der Waals surface area contributed by atoms with Gasteiger partial charge in [0.2, 0.25) is 11.8 Å². The average molecular weight is 439 g/mol. The van der Waals surface area contributed by atoms with Crippen molar-refractivity contribution in [2.75, 3.05) is 0 Å². The highest BCUT2D eigenvalue weighted by atomic mass is 35.5. The SMILES string of the molecule is CCC(C)NC(=O)C(C)N(Cc1ccccc1F)C(=O)Cc1ccc(Cl)c(Cl)c1. The maximum atomic E-state index is 14.2. The lowest BCUT2D eigenvalue weighted by Crippen LogP contribution is -2.50. The van der Waals surface area contributed by atoms with Crippen LogP contribution in [0.5, 0.6) is 0 Å². The van der Waals surface area contributed by atoms with Crippen LogP contribution in [0.15, 0.2) is 42.5 Å². The molecular weight excluding hydrogens is 414 g/mol. The van der Waals surface area contributed by atoms with Crippen LogP contribution < -0.4 is 5.32 Å². The number of carbonyl (C=O) groups is 2. The standard InChI is InChI=1S/C22H25Cl2FN2O2/c1-4-14(2)26-22(29)15(3)27(13-17-7-5-6-8-20(17)25)21(28)12-16-9-10-18(23)19(24)11-16/h5-11,14-15H,4,12-13H2,1-3H3,(H,26,29). The maximum Gasteiger partial charge on any atom is 0.242 e. The van der Waals surface area contributed by atoms with Gasteiger partial charge in [0.15, 0.2) is 0 Å². The predicted molar refractivity (Wildman–Crippen MR) is 114 cm³/mol. The number of nitrogens with zero attached hydrogens (tertiary/aromatic N) is 1.